The van der Waals surface area contributed by atoms with Gasteiger partial charge in [-0.3, -0.25) is 14.6 Å². The van der Waals surface area contributed by atoms with E-state index in [9.17, 15) is 9.59 Å². The van der Waals surface area contributed by atoms with Crippen molar-refractivity contribution < 1.29 is 32.5 Å². The number of amides is 2. The average molecular weight is 673 g/mol. The van der Waals surface area contributed by atoms with Crippen molar-refractivity contribution in [2.75, 3.05) is 6.54 Å². The first kappa shape index (κ1) is 33.6. The number of carbonyl (C=O) groups is 2. The van der Waals surface area contributed by atoms with Crippen LogP contribution in [0.25, 0.3) is 10.8 Å². The number of nitrogens with one attached hydrogen (secondary N) is 2. The highest BCUT2D eigenvalue weighted by Gasteiger charge is 2.68. The summed E-state index contributed by atoms with van der Waals surface area (Å²) in [7, 11) is -0.701. The van der Waals surface area contributed by atoms with Crippen molar-refractivity contribution in [1.29, 1.82) is 0 Å². The van der Waals surface area contributed by atoms with E-state index >= 15 is 8.78 Å². The van der Waals surface area contributed by atoms with E-state index in [1.54, 1.807) is 6.20 Å². The summed E-state index contributed by atoms with van der Waals surface area (Å²) in [5.74, 6) is -2.07. The van der Waals surface area contributed by atoms with Gasteiger partial charge in [-0.2, -0.15) is 0 Å². The third-order valence-electron chi connectivity index (χ3n) is 11.5. The predicted octanol–water partition coefficient (Wildman–Crippen LogP) is 5.80. The van der Waals surface area contributed by atoms with Gasteiger partial charge in [0.1, 0.15) is 17.3 Å². The average Bonchev–Trinajstić information content (AvgIpc) is 3.66. The zero-order chi connectivity index (χ0) is 34.7. The minimum absolute atomic E-state index is 0.0544. The molecule has 1 aromatic heterocycles. The number of pyridine rings is 1. The van der Waals surface area contributed by atoms with E-state index in [0.29, 0.717) is 29.4 Å². The molecule has 2 aliphatic heterocycles. The number of hydrogen-bond donors (Lipinski definition) is 2. The predicted molar refractivity (Wildman–Crippen MR) is 182 cm³/mol. The molecule has 1 saturated heterocycles. The smallest absolute Gasteiger partial charge is 0.404 e. The van der Waals surface area contributed by atoms with Crippen molar-refractivity contribution in [2.45, 2.75) is 90.0 Å². The van der Waals surface area contributed by atoms with Gasteiger partial charge in [0.15, 0.2) is 0 Å². The van der Waals surface area contributed by atoms with Crippen LogP contribution in [0.1, 0.15) is 76.4 Å². The molecule has 4 fully saturated rings. The third kappa shape index (κ3) is 5.90. The normalized spacial score (nSPS) is 28.8. The maximum Gasteiger partial charge on any atom is 0.481 e. The fourth-order valence-corrected chi connectivity index (χ4v) is 8.61. The Labute approximate surface area is 285 Å². The van der Waals surface area contributed by atoms with Crippen LogP contribution in [0.4, 0.5) is 8.78 Å². The Morgan fingerprint density at radius 2 is 1.80 bits per heavy atom. The second-order valence-corrected chi connectivity index (χ2v) is 15.4. The Morgan fingerprint density at radius 3 is 2.53 bits per heavy atom. The van der Waals surface area contributed by atoms with Gasteiger partial charge in [0, 0.05) is 30.0 Å². The summed E-state index contributed by atoms with van der Waals surface area (Å²) in [4.78, 5) is 37.7. The number of hydrogen-bond acceptors (Lipinski definition) is 7. The van der Waals surface area contributed by atoms with E-state index in [1.807, 2.05) is 44.2 Å². The molecule has 2 amide bonds. The molecule has 2 aromatic carbocycles. The molecule has 3 saturated carbocycles. The van der Waals surface area contributed by atoms with Gasteiger partial charge in [-0.25, -0.2) is 8.78 Å². The van der Waals surface area contributed by atoms with E-state index in [4.69, 9.17) is 14.1 Å². The molecule has 12 heteroatoms. The molecule has 3 aliphatic carbocycles. The first-order valence-electron chi connectivity index (χ1n) is 17.2. The maximum absolute atomic E-state index is 15.0. The summed E-state index contributed by atoms with van der Waals surface area (Å²) >= 11 is 0. The zero-order valence-electron chi connectivity index (χ0n) is 28.6. The van der Waals surface area contributed by atoms with Gasteiger partial charge in [0.2, 0.25) is 5.60 Å². The van der Waals surface area contributed by atoms with Gasteiger partial charge in [0.05, 0.1) is 29.9 Å². The van der Waals surface area contributed by atoms with Gasteiger partial charge in [-0.05, 0) is 72.9 Å². The van der Waals surface area contributed by atoms with Crippen molar-refractivity contribution in [2.24, 2.45) is 28.3 Å². The first-order chi connectivity index (χ1) is 23.3. The van der Waals surface area contributed by atoms with Crippen LogP contribution in [0.15, 0.2) is 59.9 Å². The maximum atomic E-state index is 15.0. The van der Waals surface area contributed by atoms with Crippen LogP contribution in [-0.2, 0) is 25.4 Å². The summed E-state index contributed by atoms with van der Waals surface area (Å²) in [6.07, 6.45) is 3.50. The Balaban J connectivity index is 1.11. The Bertz CT molecular complexity index is 1800. The van der Waals surface area contributed by atoms with E-state index < -0.39 is 54.1 Å². The molecule has 6 atom stereocenters. The molecule has 2 N–H and O–H groups in total. The second-order valence-electron chi connectivity index (χ2n) is 15.4. The monoisotopic (exact) mass is 672 g/mol. The largest absolute Gasteiger partial charge is 0.481 e. The number of rotatable bonds is 10. The molecule has 9 nitrogen and oxygen atoms in total. The van der Waals surface area contributed by atoms with Crippen molar-refractivity contribution in [3.63, 3.8) is 0 Å². The molecule has 0 spiro atoms. The first-order valence-corrected chi connectivity index (χ1v) is 17.2. The summed E-state index contributed by atoms with van der Waals surface area (Å²) in [5.41, 5.74) is -1.80. The van der Waals surface area contributed by atoms with Crippen molar-refractivity contribution >= 4 is 35.4 Å². The lowest BCUT2D eigenvalue weighted by Gasteiger charge is -2.64. The van der Waals surface area contributed by atoms with E-state index in [0.717, 1.165) is 30.4 Å². The van der Waals surface area contributed by atoms with Crippen molar-refractivity contribution in [3.8, 4) is 0 Å². The number of nitrogens with zero attached hydrogens (tertiary/aromatic N) is 2. The second kappa shape index (κ2) is 12.5. The molecular formula is C37H43BF2N4O5. The quantitative estimate of drug-likeness (QED) is 0.264. The molecule has 0 radical (unpaired) electrons. The number of oxime groups is 1. The number of fused-ring (bicyclic) bond motifs is 1. The van der Waals surface area contributed by atoms with Crippen LogP contribution in [0.3, 0.4) is 0 Å². The van der Waals surface area contributed by atoms with Crippen molar-refractivity contribution in [3.05, 3.63) is 77.6 Å². The van der Waals surface area contributed by atoms with Gasteiger partial charge in [-0.1, -0.05) is 63.2 Å². The van der Waals surface area contributed by atoms with Crippen LogP contribution >= 0.6 is 0 Å². The van der Waals surface area contributed by atoms with Gasteiger partial charge < -0.3 is 24.8 Å². The van der Waals surface area contributed by atoms with E-state index in [-0.39, 0.29) is 41.7 Å². The summed E-state index contributed by atoms with van der Waals surface area (Å²) < 4.78 is 43.4. The molecule has 1 unspecified atom stereocenters. The van der Waals surface area contributed by atoms with Crippen LogP contribution in [0.2, 0.25) is 0 Å². The minimum Gasteiger partial charge on any atom is -0.404 e. The molecule has 8 rings (SSSR count). The fourth-order valence-electron chi connectivity index (χ4n) is 8.61. The SMILES string of the molecule is CC(C)C[C@H](NC(=O)C1(Cc2c(F)cccc2F)CC(CNC(=O)c2nccc3ccccc23)=NO1)B1O[C@@H]2C[C@@H]3C[C@@H](C3(C)C)[C@]2(C)O1. The van der Waals surface area contributed by atoms with Crippen LogP contribution in [-0.4, -0.2) is 59.4 Å². The number of carbonyl (C=O) groups excluding carboxylic acids is 2. The lowest BCUT2D eigenvalue weighted by atomic mass is 9.43. The number of benzene rings is 2. The number of halogens is 2. The molecule has 2 bridgehead atoms. The van der Waals surface area contributed by atoms with Crippen LogP contribution < -0.4 is 10.6 Å². The fraction of sp³-hybridized carbons (Fsp3) is 0.514. The van der Waals surface area contributed by atoms with E-state index in [1.165, 1.54) is 6.07 Å². The number of aromatic nitrogens is 1. The highest BCUT2D eigenvalue weighted by atomic mass is 19.1. The summed E-state index contributed by atoms with van der Waals surface area (Å²) in [6, 6.07) is 12.8. The lowest BCUT2D eigenvalue weighted by Crippen LogP contribution is -2.65. The Hall–Kier alpha value is -3.90. The topological polar surface area (TPSA) is 111 Å². The zero-order valence-corrected chi connectivity index (χ0v) is 28.6. The summed E-state index contributed by atoms with van der Waals surface area (Å²) in [6.45, 7) is 10.7. The van der Waals surface area contributed by atoms with Crippen molar-refractivity contribution in [1.82, 2.24) is 15.6 Å². The van der Waals surface area contributed by atoms with Gasteiger partial charge >= 0.3 is 7.12 Å². The van der Waals surface area contributed by atoms with Gasteiger partial charge in [-0.15, -0.1) is 0 Å². The molecule has 3 heterocycles. The molecule has 49 heavy (non-hydrogen) atoms. The summed E-state index contributed by atoms with van der Waals surface area (Å²) in [5, 5.41) is 11.7. The van der Waals surface area contributed by atoms with E-state index in [2.05, 4.69) is 41.5 Å². The Kier molecular flexibility index (Phi) is 8.54. The standard InChI is InChI=1S/C37H43BF2N4O5/c1-21(2)15-31(38-47-30-17-23-16-29(35(23,3)4)36(30,5)48-38)43-34(46)37(19-26-27(39)11-8-12-28(26)40)18-24(44-49-37)20-42-33(45)32-25-10-7-6-9-22(25)13-14-41-32/h6-14,21,23,29-31H,15-20H2,1-5H3,(H,42,45)(H,43,46)/t23-,29-,30+,31-,36-,37?/m0/s1. The van der Waals surface area contributed by atoms with Crippen LogP contribution in [0.5, 0.6) is 0 Å². The highest BCUT2D eigenvalue weighted by molar-refractivity contribution is 6.48. The molecule has 3 aromatic rings. The minimum atomic E-state index is -1.78. The lowest BCUT2D eigenvalue weighted by molar-refractivity contribution is -0.199. The van der Waals surface area contributed by atoms with Gasteiger partial charge in [0.25, 0.3) is 11.8 Å². The molecule has 258 valence electrons. The third-order valence-corrected chi connectivity index (χ3v) is 11.5. The highest BCUT2D eigenvalue weighted by Crippen LogP contribution is 2.65. The Morgan fingerprint density at radius 1 is 1.04 bits per heavy atom. The molecular weight excluding hydrogens is 629 g/mol. The van der Waals surface area contributed by atoms with Crippen LogP contribution in [0, 0.1) is 34.8 Å². The molecule has 5 aliphatic rings.